The first-order valence-corrected chi connectivity index (χ1v) is 6.49. The van der Waals surface area contributed by atoms with Crippen molar-refractivity contribution < 1.29 is 9.53 Å². The van der Waals surface area contributed by atoms with Crippen LogP contribution in [0.4, 0.5) is 0 Å². The number of thiol groups is 1. The molecule has 0 bridgehead atoms. The summed E-state index contributed by atoms with van der Waals surface area (Å²) in [6.45, 7) is 4.59. The van der Waals surface area contributed by atoms with Crippen molar-refractivity contribution in [2.45, 2.75) is 13.5 Å². The van der Waals surface area contributed by atoms with Gasteiger partial charge in [0.15, 0.2) is 0 Å². The van der Waals surface area contributed by atoms with E-state index in [1.807, 2.05) is 13.5 Å². The van der Waals surface area contributed by atoms with Gasteiger partial charge in [-0.15, -0.1) is 0 Å². The van der Waals surface area contributed by atoms with Crippen molar-refractivity contribution in [1.82, 2.24) is 0 Å². The SMILES string of the molecule is CCO[Si](C)(CO)CS. The fourth-order valence-corrected chi connectivity index (χ4v) is 2.04. The van der Waals surface area contributed by atoms with Crippen molar-refractivity contribution in [1.29, 1.82) is 0 Å². The largest absolute Gasteiger partial charge is 0.414 e. The highest BCUT2D eigenvalue weighted by molar-refractivity contribution is 7.82. The Hall–Kier alpha value is 0.487. The maximum absolute atomic E-state index is 8.80. The van der Waals surface area contributed by atoms with E-state index in [0.29, 0.717) is 12.0 Å². The Labute approximate surface area is 62.8 Å². The molecule has 1 unspecified atom stereocenters. The molecule has 0 fully saturated rings. The molecule has 1 N–H and O–H groups in total. The highest BCUT2D eigenvalue weighted by atomic mass is 32.1. The van der Waals surface area contributed by atoms with E-state index in [0.717, 1.165) is 0 Å². The quantitative estimate of drug-likeness (QED) is 0.473. The molecule has 0 aromatic rings. The second kappa shape index (κ2) is 4.33. The number of rotatable bonds is 4. The molecule has 0 aliphatic carbocycles. The van der Waals surface area contributed by atoms with Crippen molar-refractivity contribution >= 4 is 20.9 Å². The molecular weight excluding hydrogens is 152 g/mol. The van der Waals surface area contributed by atoms with Crippen LogP contribution in [0.15, 0.2) is 0 Å². The molecule has 4 heteroatoms. The lowest BCUT2D eigenvalue weighted by Crippen LogP contribution is -2.42. The maximum Gasteiger partial charge on any atom is 0.224 e. The lowest BCUT2D eigenvalue weighted by atomic mass is 10.9. The van der Waals surface area contributed by atoms with Crippen molar-refractivity contribution in [3.63, 3.8) is 0 Å². The fraction of sp³-hybridized carbons (Fsp3) is 1.00. The van der Waals surface area contributed by atoms with Crippen LogP contribution in [0.5, 0.6) is 0 Å². The second-order valence-electron chi connectivity index (χ2n) is 2.20. The number of hydrogen-bond donors (Lipinski definition) is 2. The molecule has 2 nitrogen and oxygen atoms in total. The van der Waals surface area contributed by atoms with E-state index < -0.39 is 8.32 Å². The van der Waals surface area contributed by atoms with Crippen LogP contribution in [0.2, 0.25) is 6.55 Å². The third-order valence-electron chi connectivity index (χ3n) is 1.16. The van der Waals surface area contributed by atoms with Crippen molar-refractivity contribution in [2.75, 3.05) is 18.2 Å². The van der Waals surface area contributed by atoms with E-state index in [-0.39, 0.29) is 6.23 Å². The second-order valence-corrected chi connectivity index (χ2v) is 6.97. The van der Waals surface area contributed by atoms with Gasteiger partial charge in [-0.2, -0.15) is 12.6 Å². The third kappa shape index (κ3) is 3.25. The van der Waals surface area contributed by atoms with Crippen molar-refractivity contribution in [3.05, 3.63) is 0 Å². The van der Waals surface area contributed by atoms with Crippen LogP contribution in [0, 0.1) is 0 Å². The van der Waals surface area contributed by atoms with Gasteiger partial charge in [0.1, 0.15) is 0 Å². The molecule has 0 heterocycles. The van der Waals surface area contributed by atoms with Gasteiger partial charge in [-0.25, -0.2) is 0 Å². The fourth-order valence-electron chi connectivity index (χ4n) is 0.490. The zero-order chi connectivity index (χ0) is 7.33. The molecule has 0 amide bonds. The van der Waals surface area contributed by atoms with Gasteiger partial charge >= 0.3 is 0 Å². The molecule has 0 saturated heterocycles. The molecule has 0 saturated carbocycles. The average Bonchev–Trinajstić information content (AvgIpc) is 1.89. The number of hydrogen-bond acceptors (Lipinski definition) is 3. The van der Waals surface area contributed by atoms with Crippen LogP contribution in [-0.4, -0.2) is 31.6 Å². The minimum atomic E-state index is -1.78. The van der Waals surface area contributed by atoms with E-state index in [1.54, 1.807) is 0 Å². The van der Waals surface area contributed by atoms with Crippen LogP contribution in [-0.2, 0) is 4.43 Å². The average molecular weight is 166 g/mol. The van der Waals surface area contributed by atoms with Crippen molar-refractivity contribution in [3.8, 4) is 0 Å². The van der Waals surface area contributed by atoms with Gasteiger partial charge in [-0.1, -0.05) is 0 Å². The predicted octanol–water partition coefficient (Wildman–Crippen LogP) is 0.599. The van der Waals surface area contributed by atoms with Crippen LogP contribution in [0.1, 0.15) is 6.92 Å². The van der Waals surface area contributed by atoms with Crippen LogP contribution >= 0.6 is 12.6 Å². The molecule has 0 rings (SSSR count). The van der Waals surface area contributed by atoms with Gasteiger partial charge in [0, 0.05) is 12.0 Å². The molecule has 0 aromatic heterocycles. The minimum absolute atomic E-state index is 0.171. The Balaban J connectivity index is 3.62. The summed E-state index contributed by atoms with van der Waals surface area (Å²) in [5, 5.41) is 9.50. The number of aliphatic hydroxyl groups excluding tert-OH is 1. The highest BCUT2D eigenvalue weighted by Crippen LogP contribution is 2.04. The van der Waals surface area contributed by atoms with Gasteiger partial charge < -0.3 is 9.53 Å². The standard InChI is InChI=1S/C5H14O2SSi/c1-3-7-9(2,4-6)5-8/h6,8H,3-5H2,1-2H3. The molecular formula is C5H14O2SSi. The van der Waals surface area contributed by atoms with Crippen LogP contribution in [0.25, 0.3) is 0 Å². The Bertz CT molecular complexity index is 75.4. The molecule has 1 atom stereocenters. The lowest BCUT2D eigenvalue weighted by Gasteiger charge is -2.21. The summed E-state index contributed by atoms with van der Waals surface area (Å²) in [6, 6.07) is 0. The summed E-state index contributed by atoms with van der Waals surface area (Å²) >= 11 is 4.09. The van der Waals surface area contributed by atoms with Gasteiger partial charge in [-0.05, 0) is 13.5 Å². The first-order valence-electron chi connectivity index (χ1n) is 3.04. The lowest BCUT2D eigenvalue weighted by molar-refractivity contribution is 0.274. The highest BCUT2D eigenvalue weighted by Gasteiger charge is 2.25. The van der Waals surface area contributed by atoms with E-state index in [4.69, 9.17) is 9.53 Å². The van der Waals surface area contributed by atoms with Crippen molar-refractivity contribution in [2.24, 2.45) is 0 Å². The smallest absolute Gasteiger partial charge is 0.224 e. The van der Waals surface area contributed by atoms with E-state index in [9.17, 15) is 0 Å². The Morgan fingerprint density at radius 1 is 1.67 bits per heavy atom. The van der Waals surface area contributed by atoms with Gasteiger partial charge in [0.25, 0.3) is 0 Å². The maximum atomic E-state index is 8.80. The molecule has 0 radical (unpaired) electrons. The van der Waals surface area contributed by atoms with Crippen LogP contribution < -0.4 is 0 Å². The van der Waals surface area contributed by atoms with E-state index >= 15 is 0 Å². The molecule has 0 aliphatic heterocycles. The van der Waals surface area contributed by atoms with Gasteiger partial charge in [0.2, 0.25) is 8.32 Å². The first-order chi connectivity index (χ1) is 4.18. The summed E-state index contributed by atoms with van der Waals surface area (Å²) in [6.07, 6.45) is 0.171. The third-order valence-corrected chi connectivity index (χ3v) is 5.49. The summed E-state index contributed by atoms with van der Waals surface area (Å²) in [5.74, 6) is 0. The van der Waals surface area contributed by atoms with E-state index in [2.05, 4.69) is 12.6 Å². The summed E-state index contributed by atoms with van der Waals surface area (Å²) in [7, 11) is -1.78. The normalized spacial score (nSPS) is 17.3. The zero-order valence-corrected chi connectivity index (χ0v) is 7.82. The summed E-state index contributed by atoms with van der Waals surface area (Å²) in [4.78, 5) is 0. The Kier molecular flexibility index (Phi) is 4.56. The van der Waals surface area contributed by atoms with Gasteiger partial charge in [-0.3, -0.25) is 0 Å². The zero-order valence-electron chi connectivity index (χ0n) is 5.92. The van der Waals surface area contributed by atoms with Crippen LogP contribution in [0.3, 0.4) is 0 Å². The molecule has 9 heavy (non-hydrogen) atoms. The first kappa shape index (κ1) is 9.49. The minimum Gasteiger partial charge on any atom is -0.414 e. The molecule has 56 valence electrons. The predicted molar refractivity (Wildman–Crippen MR) is 44.2 cm³/mol. The Morgan fingerprint density at radius 3 is 2.33 bits per heavy atom. The van der Waals surface area contributed by atoms with Gasteiger partial charge in [0.05, 0.1) is 6.23 Å². The number of aliphatic hydroxyl groups is 1. The van der Waals surface area contributed by atoms with E-state index in [1.165, 1.54) is 0 Å². The summed E-state index contributed by atoms with van der Waals surface area (Å²) < 4.78 is 5.34. The molecule has 0 spiro atoms. The Morgan fingerprint density at radius 2 is 2.22 bits per heavy atom. The summed E-state index contributed by atoms with van der Waals surface area (Å²) in [5.41, 5.74) is 0. The molecule has 0 aromatic carbocycles. The topological polar surface area (TPSA) is 29.5 Å². The monoisotopic (exact) mass is 166 g/mol. The molecule has 0 aliphatic rings.